The van der Waals surface area contributed by atoms with E-state index in [-0.39, 0.29) is 17.5 Å². The zero-order valence-corrected chi connectivity index (χ0v) is 13.9. The first kappa shape index (κ1) is 14.6. The van der Waals surface area contributed by atoms with Crippen molar-refractivity contribution in [1.29, 1.82) is 0 Å². The first-order valence-electron chi connectivity index (χ1n) is 8.57. The predicted molar refractivity (Wildman–Crippen MR) is 95.8 cm³/mol. The van der Waals surface area contributed by atoms with Gasteiger partial charge in [-0.05, 0) is 44.0 Å². The fourth-order valence-corrected chi connectivity index (χ4v) is 3.54. The Morgan fingerprint density at radius 2 is 1.96 bits per heavy atom. The standard InChI is InChI=1S/C21H17FN2O/c1-13-21(9-10-21)25-20-16(6-4-7-17(20)22)19(24-13)15-11-14-5-2-3-8-18(14)23-12-15/h2-8,11-13H,9-10H2,1H3/t13-/m0/s1. The van der Waals surface area contributed by atoms with Crippen LogP contribution in [0.3, 0.4) is 0 Å². The number of para-hydroxylation sites is 2. The van der Waals surface area contributed by atoms with E-state index >= 15 is 0 Å². The molecule has 1 aliphatic heterocycles. The molecule has 4 heteroatoms. The molecule has 124 valence electrons. The van der Waals surface area contributed by atoms with Crippen LogP contribution in [0.15, 0.2) is 59.7 Å². The van der Waals surface area contributed by atoms with Crippen LogP contribution in [0.4, 0.5) is 4.39 Å². The number of ether oxygens (including phenoxy) is 1. The van der Waals surface area contributed by atoms with Gasteiger partial charge in [-0.15, -0.1) is 0 Å². The van der Waals surface area contributed by atoms with Crippen molar-refractivity contribution >= 4 is 16.6 Å². The molecule has 0 saturated heterocycles. The molecule has 1 atom stereocenters. The molecule has 25 heavy (non-hydrogen) atoms. The molecule has 0 radical (unpaired) electrons. The minimum absolute atomic E-state index is 0.0271. The molecule has 2 heterocycles. The summed E-state index contributed by atoms with van der Waals surface area (Å²) >= 11 is 0. The number of fused-ring (bicyclic) bond motifs is 2. The Hall–Kier alpha value is -2.75. The van der Waals surface area contributed by atoms with Gasteiger partial charge < -0.3 is 4.74 Å². The second kappa shape index (κ2) is 5.12. The quantitative estimate of drug-likeness (QED) is 0.656. The van der Waals surface area contributed by atoms with Crippen LogP contribution in [0.25, 0.3) is 10.9 Å². The minimum atomic E-state index is -0.358. The Morgan fingerprint density at radius 3 is 2.80 bits per heavy atom. The van der Waals surface area contributed by atoms with Gasteiger partial charge in [-0.3, -0.25) is 9.98 Å². The molecule has 0 unspecified atom stereocenters. The summed E-state index contributed by atoms with van der Waals surface area (Å²) in [6.45, 7) is 2.05. The highest BCUT2D eigenvalue weighted by Crippen LogP contribution is 2.48. The molecular formula is C21H17FN2O. The van der Waals surface area contributed by atoms with Gasteiger partial charge in [0.05, 0.1) is 17.3 Å². The number of rotatable bonds is 1. The highest BCUT2D eigenvalue weighted by molar-refractivity contribution is 6.15. The number of nitrogens with zero attached hydrogens (tertiary/aromatic N) is 2. The van der Waals surface area contributed by atoms with Gasteiger partial charge in [-0.25, -0.2) is 4.39 Å². The highest BCUT2D eigenvalue weighted by Gasteiger charge is 2.52. The lowest BCUT2D eigenvalue weighted by atomic mass is 10.0. The van der Waals surface area contributed by atoms with Crippen molar-refractivity contribution in [2.75, 3.05) is 0 Å². The van der Waals surface area contributed by atoms with Crippen molar-refractivity contribution in [2.45, 2.75) is 31.4 Å². The van der Waals surface area contributed by atoms with E-state index in [2.05, 4.69) is 11.1 Å². The van der Waals surface area contributed by atoms with Gasteiger partial charge in [0.15, 0.2) is 11.6 Å². The normalized spacial score (nSPS) is 20.6. The maximum atomic E-state index is 14.5. The number of benzene rings is 2. The summed E-state index contributed by atoms with van der Waals surface area (Å²) in [7, 11) is 0. The van der Waals surface area contributed by atoms with Crippen LogP contribution in [-0.4, -0.2) is 22.3 Å². The van der Waals surface area contributed by atoms with Crippen LogP contribution in [0.2, 0.25) is 0 Å². The first-order valence-corrected chi connectivity index (χ1v) is 8.57. The van der Waals surface area contributed by atoms with E-state index in [1.165, 1.54) is 6.07 Å². The summed E-state index contributed by atoms with van der Waals surface area (Å²) in [5, 5.41) is 1.04. The molecule has 1 fully saturated rings. The zero-order chi connectivity index (χ0) is 17.0. The second-order valence-electron chi connectivity index (χ2n) is 6.85. The van der Waals surface area contributed by atoms with Crippen LogP contribution in [0.5, 0.6) is 5.75 Å². The van der Waals surface area contributed by atoms with Crippen LogP contribution in [0.1, 0.15) is 30.9 Å². The van der Waals surface area contributed by atoms with Crippen molar-refractivity contribution in [3.63, 3.8) is 0 Å². The minimum Gasteiger partial charge on any atom is -0.481 e. The summed E-state index contributed by atoms with van der Waals surface area (Å²) in [6, 6.07) is 15.0. The topological polar surface area (TPSA) is 34.5 Å². The second-order valence-corrected chi connectivity index (χ2v) is 6.85. The van der Waals surface area contributed by atoms with Crippen LogP contribution in [-0.2, 0) is 0 Å². The van der Waals surface area contributed by atoms with Crippen LogP contribution in [0, 0.1) is 5.82 Å². The summed E-state index contributed by atoms with van der Waals surface area (Å²) in [5.41, 5.74) is 2.92. The smallest absolute Gasteiger partial charge is 0.165 e. The Kier molecular flexibility index (Phi) is 2.99. The van der Waals surface area contributed by atoms with E-state index in [1.807, 2.05) is 43.5 Å². The molecule has 0 amide bonds. The number of hydrogen-bond donors (Lipinski definition) is 0. The summed E-state index contributed by atoms with van der Waals surface area (Å²) in [6.07, 6.45) is 3.64. The van der Waals surface area contributed by atoms with E-state index in [0.717, 1.165) is 35.0 Å². The predicted octanol–water partition coefficient (Wildman–Crippen LogP) is 4.52. The van der Waals surface area contributed by atoms with Crippen molar-refractivity contribution in [3.05, 3.63) is 71.7 Å². The third-order valence-electron chi connectivity index (χ3n) is 5.22. The average molecular weight is 332 g/mol. The fourth-order valence-electron chi connectivity index (χ4n) is 3.54. The molecule has 1 aromatic heterocycles. The zero-order valence-electron chi connectivity index (χ0n) is 13.9. The summed E-state index contributed by atoms with van der Waals surface area (Å²) in [5.74, 6) is -0.0180. The van der Waals surface area contributed by atoms with Crippen LogP contribution < -0.4 is 4.74 Å². The molecule has 3 aromatic rings. The highest BCUT2D eigenvalue weighted by atomic mass is 19.1. The summed E-state index contributed by atoms with van der Waals surface area (Å²) < 4.78 is 20.6. The van der Waals surface area contributed by atoms with Gasteiger partial charge in [0.2, 0.25) is 0 Å². The molecule has 0 N–H and O–H groups in total. The van der Waals surface area contributed by atoms with E-state index in [4.69, 9.17) is 9.73 Å². The van der Waals surface area contributed by atoms with Crippen molar-refractivity contribution in [2.24, 2.45) is 4.99 Å². The van der Waals surface area contributed by atoms with Crippen molar-refractivity contribution in [1.82, 2.24) is 4.98 Å². The lowest BCUT2D eigenvalue weighted by molar-refractivity contribution is 0.150. The number of pyridine rings is 1. The molecule has 2 aliphatic rings. The summed E-state index contributed by atoms with van der Waals surface area (Å²) in [4.78, 5) is 9.48. The average Bonchev–Trinajstić information content (AvgIpc) is 3.43. The van der Waals surface area contributed by atoms with E-state index < -0.39 is 0 Å². The number of aliphatic imine (C=N–C) groups is 1. The molecule has 2 aromatic carbocycles. The SMILES string of the molecule is C[C@@H]1N=C(c2cnc3ccccc3c2)c2cccc(F)c2OC12CC2. The van der Waals surface area contributed by atoms with Gasteiger partial charge in [0.1, 0.15) is 5.60 Å². The van der Waals surface area contributed by atoms with E-state index in [1.54, 1.807) is 6.07 Å². The van der Waals surface area contributed by atoms with Crippen molar-refractivity contribution in [3.8, 4) is 5.75 Å². The maximum Gasteiger partial charge on any atom is 0.165 e. The third kappa shape index (κ3) is 2.24. The van der Waals surface area contributed by atoms with Crippen LogP contribution >= 0.6 is 0 Å². The number of hydrogen-bond acceptors (Lipinski definition) is 3. The molecular weight excluding hydrogens is 315 g/mol. The Morgan fingerprint density at radius 1 is 1.12 bits per heavy atom. The maximum absolute atomic E-state index is 14.5. The Labute approximate surface area is 145 Å². The van der Waals surface area contributed by atoms with Gasteiger partial charge >= 0.3 is 0 Å². The van der Waals surface area contributed by atoms with E-state index in [9.17, 15) is 4.39 Å². The Bertz CT molecular complexity index is 1020. The van der Waals surface area contributed by atoms with Crippen molar-refractivity contribution < 1.29 is 9.13 Å². The fraction of sp³-hybridized carbons (Fsp3) is 0.238. The lowest BCUT2D eigenvalue weighted by Crippen LogP contribution is -2.29. The molecule has 1 aliphatic carbocycles. The largest absolute Gasteiger partial charge is 0.481 e. The van der Waals surface area contributed by atoms with Gasteiger partial charge in [0.25, 0.3) is 0 Å². The van der Waals surface area contributed by atoms with Gasteiger partial charge in [-0.1, -0.05) is 24.3 Å². The van der Waals surface area contributed by atoms with Gasteiger partial charge in [0, 0.05) is 22.7 Å². The van der Waals surface area contributed by atoms with E-state index in [0.29, 0.717) is 11.3 Å². The lowest BCUT2D eigenvalue weighted by Gasteiger charge is -2.20. The molecule has 1 spiro atoms. The molecule has 1 saturated carbocycles. The monoisotopic (exact) mass is 332 g/mol. The Balaban J connectivity index is 1.74. The van der Waals surface area contributed by atoms with Gasteiger partial charge in [-0.2, -0.15) is 0 Å². The first-order chi connectivity index (χ1) is 12.2. The third-order valence-corrected chi connectivity index (χ3v) is 5.22. The molecule has 5 rings (SSSR count). The molecule has 0 bridgehead atoms. The number of aromatic nitrogens is 1. The molecule has 3 nitrogen and oxygen atoms in total. The number of halogens is 1.